The molecule has 0 saturated carbocycles. The number of hydrogen-bond acceptors (Lipinski definition) is 6. The van der Waals surface area contributed by atoms with Crippen molar-refractivity contribution in [3.63, 3.8) is 0 Å². The summed E-state index contributed by atoms with van der Waals surface area (Å²) in [4.78, 5) is 8.64. The molecule has 1 aromatic carbocycles. The third-order valence-corrected chi connectivity index (χ3v) is 4.09. The van der Waals surface area contributed by atoms with Crippen molar-refractivity contribution in [2.24, 2.45) is 5.41 Å². The second-order valence-electron chi connectivity index (χ2n) is 7.62. The summed E-state index contributed by atoms with van der Waals surface area (Å²) in [6.45, 7) is 9.32. The van der Waals surface area contributed by atoms with E-state index in [0.717, 1.165) is 34.3 Å². The highest BCUT2D eigenvalue weighted by Crippen LogP contribution is 2.26. The van der Waals surface area contributed by atoms with E-state index in [2.05, 4.69) is 46.2 Å². The summed E-state index contributed by atoms with van der Waals surface area (Å²) in [6.07, 6.45) is 3.47. The highest BCUT2D eigenvalue weighted by molar-refractivity contribution is 5.80. The summed E-state index contributed by atoms with van der Waals surface area (Å²) in [5, 5.41) is 12.7. The van der Waals surface area contributed by atoms with Gasteiger partial charge in [0.25, 0.3) is 5.89 Å². The summed E-state index contributed by atoms with van der Waals surface area (Å²) < 4.78 is 7.36. The molecule has 0 amide bonds. The molecule has 0 fully saturated rings. The highest BCUT2D eigenvalue weighted by Gasteiger charge is 2.17. The van der Waals surface area contributed by atoms with Crippen LogP contribution in [0.1, 0.15) is 26.3 Å². The van der Waals surface area contributed by atoms with Gasteiger partial charge in [0, 0.05) is 24.5 Å². The Bertz CT molecular complexity index is 1070. The van der Waals surface area contributed by atoms with Crippen molar-refractivity contribution in [3.05, 3.63) is 42.2 Å². The molecule has 4 rings (SSSR count). The monoisotopic (exact) mass is 348 g/mol. The molecule has 0 aliphatic carbocycles. The summed E-state index contributed by atoms with van der Waals surface area (Å²) in [6, 6.07) is 7.82. The molecule has 0 bridgehead atoms. The first kappa shape index (κ1) is 16.4. The van der Waals surface area contributed by atoms with Crippen molar-refractivity contribution in [1.82, 2.24) is 30.1 Å². The van der Waals surface area contributed by atoms with Gasteiger partial charge in [-0.1, -0.05) is 31.1 Å². The van der Waals surface area contributed by atoms with Gasteiger partial charge in [-0.3, -0.25) is 4.98 Å². The summed E-state index contributed by atoms with van der Waals surface area (Å²) in [7, 11) is 0. The average Bonchev–Trinajstić information content (AvgIpc) is 3.21. The molecule has 0 atom stereocenters. The topological polar surface area (TPSA) is 82.5 Å². The first-order valence-electron chi connectivity index (χ1n) is 8.49. The Labute approximate surface area is 151 Å². The van der Waals surface area contributed by atoms with Gasteiger partial charge in [-0.05, 0) is 42.2 Å². The molecule has 132 valence electrons. The second-order valence-corrected chi connectivity index (χ2v) is 7.62. The van der Waals surface area contributed by atoms with Crippen molar-refractivity contribution >= 4 is 11.0 Å². The van der Waals surface area contributed by atoms with E-state index in [9.17, 15) is 0 Å². The zero-order chi connectivity index (χ0) is 18.3. The first-order chi connectivity index (χ1) is 12.4. The van der Waals surface area contributed by atoms with E-state index in [1.54, 1.807) is 12.4 Å². The smallest absolute Gasteiger partial charge is 0.260 e. The number of pyridine rings is 1. The SMILES string of the molecule is Cc1ccncc1-c1nc(-c2ccc3c(c2)nnn3CC(C)(C)C)no1. The zero-order valence-electron chi connectivity index (χ0n) is 15.3. The molecule has 0 unspecified atom stereocenters. The van der Waals surface area contributed by atoms with Crippen molar-refractivity contribution < 1.29 is 4.52 Å². The Morgan fingerprint density at radius 2 is 2.00 bits per heavy atom. The van der Waals surface area contributed by atoms with Gasteiger partial charge in [0.15, 0.2) is 0 Å². The van der Waals surface area contributed by atoms with Gasteiger partial charge in [-0.15, -0.1) is 5.10 Å². The standard InChI is InChI=1S/C19H20N6O/c1-12-7-8-20-10-14(12)18-21-17(23-26-18)13-5-6-16-15(9-13)22-24-25(16)11-19(2,3)4/h5-10H,11H2,1-4H3. The molecule has 3 heterocycles. The van der Waals surface area contributed by atoms with Crippen LogP contribution in [0, 0.1) is 12.3 Å². The van der Waals surface area contributed by atoms with Gasteiger partial charge in [0.2, 0.25) is 5.82 Å². The van der Waals surface area contributed by atoms with Crippen LogP contribution in [0.5, 0.6) is 0 Å². The molecule has 0 radical (unpaired) electrons. The van der Waals surface area contributed by atoms with E-state index in [0.29, 0.717) is 11.7 Å². The predicted octanol–water partition coefficient (Wildman–Crippen LogP) is 3.90. The van der Waals surface area contributed by atoms with E-state index in [1.165, 1.54) is 0 Å². The molecule has 7 heteroatoms. The van der Waals surface area contributed by atoms with Crippen molar-refractivity contribution in [3.8, 4) is 22.8 Å². The van der Waals surface area contributed by atoms with E-state index in [1.807, 2.05) is 35.9 Å². The summed E-state index contributed by atoms with van der Waals surface area (Å²) in [5.74, 6) is 0.984. The van der Waals surface area contributed by atoms with E-state index < -0.39 is 0 Å². The number of aryl methyl sites for hydroxylation is 1. The van der Waals surface area contributed by atoms with Gasteiger partial charge in [-0.25, -0.2) is 4.68 Å². The highest BCUT2D eigenvalue weighted by atomic mass is 16.5. The van der Waals surface area contributed by atoms with Crippen molar-refractivity contribution in [1.29, 1.82) is 0 Å². The Hall–Kier alpha value is -3.09. The molecule has 26 heavy (non-hydrogen) atoms. The minimum absolute atomic E-state index is 0.128. The summed E-state index contributed by atoms with van der Waals surface area (Å²) >= 11 is 0. The van der Waals surface area contributed by atoms with Crippen LogP contribution >= 0.6 is 0 Å². The molecule has 0 saturated heterocycles. The maximum Gasteiger partial charge on any atom is 0.260 e. The molecule has 0 aliphatic rings. The molecular weight excluding hydrogens is 328 g/mol. The lowest BCUT2D eigenvalue weighted by Crippen LogP contribution is -2.16. The predicted molar refractivity (Wildman–Crippen MR) is 98.2 cm³/mol. The number of fused-ring (bicyclic) bond motifs is 1. The van der Waals surface area contributed by atoms with Crippen LogP contribution < -0.4 is 0 Å². The van der Waals surface area contributed by atoms with Crippen LogP contribution in [0.25, 0.3) is 33.9 Å². The minimum Gasteiger partial charge on any atom is -0.334 e. The fourth-order valence-electron chi connectivity index (χ4n) is 2.82. The lowest BCUT2D eigenvalue weighted by atomic mass is 9.97. The fraction of sp³-hybridized carbons (Fsp3) is 0.316. The third kappa shape index (κ3) is 3.08. The van der Waals surface area contributed by atoms with Gasteiger partial charge in [0.1, 0.15) is 5.52 Å². The van der Waals surface area contributed by atoms with Crippen LogP contribution in [0.2, 0.25) is 0 Å². The van der Waals surface area contributed by atoms with Gasteiger partial charge in [-0.2, -0.15) is 4.98 Å². The molecule has 0 aliphatic heterocycles. The van der Waals surface area contributed by atoms with E-state index in [-0.39, 0.29) is 5.41 Å². The maximum absolute atomic E-state index is 5.43. The largest absolute Gasteiger partial charge is 0.334 e. The average molecular weight is 348 g/mol. The molecule has 7 nitrogen and oxygen atoms in total. The molecule has 0 spiro atoms. The molecule has 4 aromatic rings. The maximum atomic E-state index is 5.43. The first-order valence-corrected chi connectivity index (χ1v) is 8.49. The van der Waals surface area contributed by atoms with E-state index >= 15 is 0 Å². The Morgan fingerprint density at radius 1 is 1.15 bits per heavy atom. The Kier molecular flexibility index (Phi) is 3.79. The normalized spacial score (nSPS) is 12.0. The van der Waals surface area contributed by atoms with Crippen LogP contribution in [0.3, 0.4) is 0 Å². The number of hydrogen-bond donors (Lipinski definition) is 0. The molecule has 3 aromatic heterocycles. The molecular formula is C19H20N6O. The summed E-state index contributed by atoms with van der Waals surface area (Å²) in [5.41, 5.74) is 4.66. The van der Waals surface area contributed by atoms with Gasteiger partial charge in [0.05, 0.1) is 11.1 Å². The van der Waals surface area contributed by atoms with Gasteiger partial charge >= 0.3 is 0 Å². The van der Waals surface area contributed by atoms with E-state index in [4.69, 9.17) is 4.52 Å². The third-order valence-electron chi connectivity index (χ3n) is 4.09. The number of aromatic nitrogens is 6. The Morgan fingerprint density at radius 3 is 2.77 bits per heavy atom. The van der Waals surface area contributed by atoms with Crippen LogP contribution in [-0.2, 0) is 6.54 Å². The van der Waals surface area contributed by atoms with Crippen molar-refractivity contribution in [2.45, 2.75) is 34.2 Å². The van der Waals surface area contributed by atoms with Crippen LogP contribution in [0.4, 0.5) is 0 Å². The quantitative estimate of drug-likeness (QED) is 0.558. The number of benzene rings is 1. The number of rotatable bonds is 3. The fourth-order valence-corrected chi connectivity index (χ4v) is 2.82. The van der Waals surface area contributed by atoms with Crippen LogP contribution in [0.15, 0.2) is 41.2 Å². The molecule has 0 N–H and O–H groups in total. The van der Waals surface area contributed by atoms with Crippen LogP contribution in [-0.4, -0.2) is 30.1 Å². The van der Waals surface area contributed by atoms with Crippen molar-refractivity contribution in [2.75, 3.05) is 0 Å². The second kappa shape index (κ2) is 6.01. The Balaban J connectivity index is 1.69. The lowest BCUT2D eigenvalue weighted by Gasteiger charge is -2.17. The lowest BCUT2D eigenvalue weighted by molar-refractivity contribution is 0.327. The number of nitrogens with zero attached hydrogens (tertiary/aromatic N) is 6. The minimum atomic E-state index is 0.128. The van der Waals surface area contributed by atoms with Gasteiger partial charge < -0.3 is 4.52 Å². The zero-order valence-corrected chi connectivity index (χ0v) is 15.3.